The van der Waals surface area contributed by atoms with Gasteiger partial charge in [-0.1, -0.05) is 0 Å². The molecule has 2 heterocycles. The zero-order valence-electron chi connectivity index (χ0n) is 9.81. The number of imidazole rings is 1. The number of aryl methyl sites for hydroxylation is 1. The lowest BCUT2D eigenvalue weighted by Gasteiger charge is -2.18. The Bertz CT molecular complexity index is 431. The summed E-state index contributed by atoms with van der Waals surface area (Å²) in [6.45, 7) is 4.21. The SMILES string of the molecule is CC(NC(C)c1ccnn1C)c1ncc[nH]1. The van der Waals surface area contributed by atoms with Gasteiger partial charge in [0.25, 0.3) is 0 Å². The van der Waals surface area contributed by atoms with Crippen molar-refractivity contribution in [3.8, 4) is 0 Å². The monoisotopic (exact) mass is 219 g/mol. The predicted octanol–water partition coefficient (Wildman–Crippen LogP) is 1.55. The van der Waals surface area contributed by atoms with Crippen molar-refractivity contribution in [1.82, 2.24) is 25.1 Å². The summed E-state index contributed by atoms with van der Waals surface area (Å²) in [6.07, 6.45) is 5.41. The van der Waals surface area contributed by atoms with E-state index in [0.29, 0.717) is 0 Å². The van der Waals surface area contributed by atoms with Gasteiger partial charge in [-0.05, 0) is 19.9 Å². The van der Waals surface area contributed by atoms with Crippen LogP contribution in [0.1, 0.15) is 37.4 Å². The topological polar surface area (TPSA) is 58.5 Å². The Morgan fingerprint density at radius 1 is 1.31 bits per heavy atom. The minimum atomic E-state index is 0.194. The van der Waals surface area contributed by atoms with Crippen LogP contribution in [0.5, 0.6) is 0 Å². The normalized spacial score (nSPS) is 14.9. The molecule has 2 rings (SSSR count). The van der Waals surface area contributed by atoms with Gasteiger partial charge < -0.3 is 4.98 Å². The Labute approximate surface area is 94.9 Å². The molecule has 0 bridgehead atoms. The lowest BCUT2D eigenvalue weighted by molar-refractivity contribution is 0.457. The van der Waals surface area contributed by atoms with E-state index in [0.717, 1.165) is 5.82 Å². The molecule has 0 aliphatic heterocycles. The second kappa shape index (κ2) is 4.49. The van der Waals surface area contributed by atoms with E-state index in [1.54, 1.807) is 6.20 Å². The molecule has 5 heteroatoms. The van der Waals surface area contributed by atoms with Crippen molar-refractivity contribution in [2.24, 2.45) is 7.05 Å². The Balaban J connectivity index is 2.03. The van der Waals surface area contributed by atoms with Gasteiger partial charge in [0.2, 0.25) is 0 Å². The summed E-state index contributed by atoms with van der Waals surface area (Å²) in [5.41, 5.74) is 1.17. The Morgan fingerprint density at radius 2 is 2.12 bits per heavy atom. The van der Waals surface area contributed by atoms with Crippen LogP contribution < -0.4 is 5.32 Å². The third-order valence-electron chi connectivity index (χ3n) is 2.73. The lowest BCUT2D eigenvalue weighted by atomic mass is 10.2. The van der Waals surface area contributed by atoms with Gasteiger partial charge in [0.15, 0.2) is 0 Å². The number of nitrogens with zero attached hydrogens (tertiary/aromatic N) is 3. The largest absolute Gasteiger partial charge is 0.347 e. The first-order valence-electron chi connectivity index (χ1n) is 5.41. The summed E-state index contributed by atoms with van der Waals surface area (Å²) >= 11 is 0. The molecular weight excluding hydrogens is 202 g/mol. The van der Waals surface area contributed by atoms with Gasteiger partial charge in [-0.3, -0.25) is 10.00 Å². The summed E-state index contributed by atoms with van der Waals surface area (Å²) in [6, 6.07) is 2.46. The molecule has 0 spiro atoms. The molecule has 0 saturated heterocycles. The van der Waals surface area contributed by atoms with Crippen molar-refractivity contribution in [1.29, 1.82) is 0 Å². The van der Waals surface area contributed by atoms with Crippen LogP contribution in [-0.4, -0.2) is 19.7 Å². The summed E-state index contributed by atoms with van der Waals surface area (Å²) in [4.78, 5) is 7.34. The standard InChI is InChI=1S/C11H17N5/c1-8(10-4-5-14-16(10)3)15-9(2)11-12-6-7-13-11/h4-9,15H,1-3H3,(H,12,13). The highest BCUT2D eigenvalue weighted by molar-refractivity contribution is 5.06. The van der Waals surface area contributed by atoms with Crippen LogP contribution in [0.2, 0.25) is 0 Å². The number of hydrogen-bond donors (Lipinski definition) is 2. The molecule has 2 N–H and O–H groups in total. The molecule has 0 radical (unpaired) electrons. The summed E-state index contributed by atoms with van der Waals surface area (Å²) in [5, 5.41) is 7.63. The zero-order chi connectivity index (χ0) is 11.5. The van der Waals surface area contributed by atoms with Crippen LogP contribution in [0, 0.1) is 0 Å². The average Bonchev–Trinajstić information content (AvgIpc) is 2.86. The molecule has 0 aromatic carbocycles. The average molecular weight is 219 g/mol. The van der Waals surface area contributed by atoms with E-state index in [9.17, 15) is 0 Å². The second-order valence-electron chi connectivity index (χ2n) is 3.96. The van der Waals surface area contributed by atoms with E-state index < -0.39 is 0 Å². The molecule has 0 saturated carbocycles. The van der Waals surface area contributed by atoms with Crippen LogP contribution in [-0.2, 0) is 7.05 Å². The molecule has 2 aromatic rings. The molecular formula is C11H17N5. The fraction of sp³-hybridized carbons (Fsp3) is 0.455. The summed E-state index contributed by atoms with van der Waals surface area (Å²) in [5.74, 6) is 0.953. The number of hydrogen-bond acceptors (Lipinski definition) is 3. The zero-order valence-corrected chi connectivity index (χ0v) is 9.81. The number of aromatic nitrogens is 4. The first-order valence-corrected chi connectivity index (χ1v) is 5.41. The Morgan fingerprint density at radius 3 is 2.69 bits per heavy atom. The smallest absolute Gasteiger partial charge is 0.122 e. The van der Waals surface area contributed by atoms with Crippen molar-refractivity contribution in [3.63, 3.8) is 0 Å². The molecule has 2 atom stereocenters. The van der Waals surface area contributed by atoms with Crippen molar-refractivity contribution in [2.45, 2.75) is 25.9 Å². The van der Waals surface area contributed by atoms with Gasteiger partial charge in [-0.15, -0.1) is 0 Å². The molecule has 2 aromatic heterocycles. The van der Waals surface area contributed by atoms with Gasteiger partial charge in [0.1, 0.15) is 5.82 Å². The first-order chi connectivity index (χ1) is 7.68. The van der Waals surface area contributed by atoms with E-state index in [1.807, 2.05) is 30.2 Å². The lowest BCUT2D eigenvalue weighted by Crippen LogP contribution is -2.24. The fourth-order valence-corrected chi connectivity index (χ4v) is 1.86. The Kier molecular flexibility index (Phi) is 3.05. The number of aromatic amines is 1. The van der Waals surface area contributed by atoms with Crippen LogP contribution in [0.4, 0.5) is 0 Å². The molecule has 2 unspecified atom stereocenters. The summed E-state index contributed by atoms with van der Waals surface area (Å²) in [7, 11) is 1.95. The molecule has 0 amide bonds. The van der Waals surface area contributed by atoms with Gasteiger partial charge in [0.05, 0.1) is 11.7 Å². The van der Waals surface area contributed by atoms with Gasteiger partial charge in [-0.25, -0.2) is 4.98 Å². The van der Waals surface area contributed by atoms with Crippen LogP contribution in [0.3, 0.4) is 0 Å². The molecule has 5 nitrogen and oxygen atoms in total. The highest BCUT2D eigenvalue weighted by Crippen LogP contribution is 2.15. The molecule has 0 fully saturated rings. The second-order valence-corrected chi connectivity index (χ2v) is 3.96. The maximum absolute atomic E-state index is 4.23. The quantitative estimate of drug-likeness (QED) is 0.820. The van der Waals surface area contributed by atoms with Crippen molar-refractivity contribution < 1.29 is 0 Å². The van der Waals surface area contributed by atoms with Crippen molar-refractivity contribution >= 4 is 0 Å². The minimum Gasteiger partial charge on any atom is -0.347 e. The van der Waals surface area contributed by atoms with Crippen molar-refractivity contribution in [3.05, 3.63) is 36.2 Å². The maximum Gasteiger partial charge on any atom is 0.122 e. The highest BCUT2D eigenvalue weighted by Gasteiger charge is 2.14. The number of nitrogens with one attached hydrogen (secondary N) is 2. The van der Waals surface area contributed by atoms with E-state index in [4.69, 9.17) is 0 Å². The van der Waals surface area contributed by atoms with E-state index in [1.165, 1.54) is 5.69 Å². The Hall–Kier alpha value is -1.62. The van der Waals surface area contributed by atoms with Gasteiger partial charge in [-0.2, -0.15) is 5.10 Å². The third-order valence-corrected chi connectivity index (χ3v) is 2.73. The van der Waals surface area contributed by atoms with Crippen LogP contribution in [0.25, 0.3) is 0 Å². The summed E-state index contributed by atoms with van der Waals surface area (Å²) < 4.78 is 1.88. The van der Waals surface area contributed by atoms with Crippen molar-refractivity contribution in [2.75, 3.05) is 0 Å². The number of rotatable bonds is 4. The number of H-pyrrole nitrogens is 1. The molecule has 86 valence electrons. The third kappa shape index (κ3) is 2.14. The van der Waals surface area contributed by atoms with Gasteiger partial charge >= 0.3 is 0 Å². The molecule has 16 heavy (non-hydrogen) atoms. The first kappa shape index (κ1) is 10.9. The predicted molar refractivity (Wildman–Crippen MR) is 61.8 cm³/mol. The van der Waals surface area contributed by atoms with Gasteiger partial charge in [0, 0.05) is 31.7 Å². The van der Waals surface area contributed by atoms with Crippen LogP contribution >= 0.6 is 0 Å². The maximum atomic E-state index is 4.23. The molecule has 0 aliphatic carbocycles. The van der Waals surface area contributed by atoms with E-state index in [-0.39, 0.29) is 12.1 Å². The fourth-order valence-electron chi connectivity index (χ4n) is 1.86. The minimum absolute atomic E-state index is 0.194. The van der Waals surface area contributed by atoms with E-state index >= 15 is 0 Å². The molecule has 0 aliphatic rings. The van der Waals surface area contributed by atoms with Crippen LogP contribution in [0.15, 0.2) is 24.7 Å². The highest BCUT2D eigenvalue weighted by atomic mass is 15.3. The van der Waals surface area contributed by atoms with E-state index in [2.05, 4.69) is 34.2 Å².